The number of benzene rings is 1. The molecule has 35 heavy (non-hydrogen) atoms. The molecule has 3 rings (SSSR count). The summed E-state index contributed by atoms with van der Waals surface area (Å²) >= 11 is 0. The number of ether oxygens (including phenoxy) is 3. The van der Waals surface area contributed by atoms with Gasteiger partial charge in [0.25, 0.3) is 5.91 Å². The minimum atomic E-state index is -4.60. The molecule has 1 saturated heterocycles. The lowest BCUT2D eigenvalue weighted by molar-refractivity contribution is -0.137. The molecule has 1 aromatic heterocycles. The highest BCUT2D eigenvalue weighted by Gasteiger charge is 2.32. The van der Waals surface area contributed by atoms with E-state index in [4.69, 9.17) is 14.2 Å². The summed E-state index contributed by atoms with van der Waals surface area (Å²) < 4.78 is 58.2. The van der Waals surface area contributed by atoms with Gasteiger partial charge < -0.3 is 19.3 Å². The molecule has 0 saturated carbocycles. The first-order chi connectivity index (χ1) is 16.5. The highest BCUT2D eigenvalue weighted by atomic mass is 19.4. The molecule has 0 unspecified atom stereocenters. The van der Waals surface area contributed by atoms with Gasteiger partial charge in [-0.3, -0.25) is 9.48 Å². The van der Waals surface area contributed by atoms with E-state index in [2.05, 4.69) is 30.9 Å². The second-order valence-corrected chi connectivity index (χ2v) is 9.94. The molecule has 0 radical (unpaired) electrons. The predicted molar refractivity (Wildman–Crippen MR) is 124 cm³/mol. The maximum absolute atomic E-state index is 13.4. The Balaban J connectivity index is 1.98. The summed E-state index contributed by atoms with van der Waals surface area (Å²) in [4.78, 5) is 17.4. The molecule has 1 atom stereocenters. The van der Waals surface area contributed by atoms with E-state index in [0.29, 0.717) is 38.1 Å². The maximum atomic E-state index is 13.4. The van der Waals surface area contributed by atoms with Crippen molar-refractivity contribution in [1.82, 2.24) is 9.78 Å². The summed E-state index contributed by atoms with van der Waals surface area (Å²) in [5, 5.41) is 3.29. The molecule has 1 aromatic carbocycles. The van der Waals surface area contributed by atoms with Crippen LogP contribution in [0.2, 0.25) is 0 Å². The number of H-pyrrole nitrogens is 1. The van der Waals surface area contributed by atoms with Gasteiger partial charge in [0.2, 0.25) is 0 Å². The summed E-state index contributed by atoms with van der Waals surface area (Å²) in [6, 6.07) is 4.63. The van der Waals surface area contributed by atoms with Crippen LogP contribution >= 0.6 is 0 Å². The Morgan fingerprint density at radius 2 is 2.00 bits per heavy atom. The molecule has 0 bridgehead atoms. The molecule has 2 heterocycles. The summed E-state index contributed by atoms with van der Waals surface area (Å²) in [6.07, 6.45) is -1.53. The third kappa shape index (κ3) is 7.96. The van der Waals surface area contributed by atoms with Crippen LogP contribution in [-0.2, 0) is 28.6 Å². The molecule has 1 aliphatic rings. The van der Waals surface area contributed by atoms with Gasteiger partial charge in [0, 0.05) is 38.5 Å². The molecule has 194 valence electrons. The second-order valence-electron chi connectivity index (χ2n) is 9.94. The number of hydrogen-bond donors (Lipinski definition) is 1. The lowest BCUT2D eigenvalue weighted by atomic mass is 9.91. The fourth-order valence-electron chi connectivity index (χ4n) is 3.93. The molecular formula is C25H34F3N3O4. The number of hydrogen-bond acceptors (Lipinski definition) is 4. The summed E-state index contributed by atoms with van der Waals surface area (Å²) in [5.74, 6) is -0.751. The largest absolute Gasteiger partial charge is 0.493 e. The number of halogens is 3. The van der Waals surface area contributed by atoms with E-state index >= 15 is 0 Å². The van der Waals surface area contributed by atoms with E-state index < -0.39 is 17.6 Å². The topological polar surface area (TPSA) is 77.8 Å². The number of aromatic amines is 1. The Labute approximate surface area is 203 Å². The number of amides is 1. The molecular weight excluding hydrogens is 463 g/mol. The Kier molecular flexibility index (Phi) is 8.82. The van der Waals surface area contributed by atoms with E-state index in [1.165, 1.54) is 6.07 Å². The molecule has 1 aliphatic heterocycles. The molecule has 7 nitrogen and oxygen atoms in total. The first-order valence-corrected chi connectivity index (χ1v) is 11.8. The Hall–Kier alpha value is -2.59. The quantitative estimate of drug-likeness (QED) is 0.507. The molecule has 2 aromatic rings. The zero-order valence-corrected chi connectivity index (χ0v) is 20.7. The summed E-state index contributed by atoms with van der Waals surface area (Å²) in [6.45, 7) is 8.05. The van der Waals surface area contributed by atoms with Crippen LogP contribution in [0.5, 0.6) is 5.75 Å². The minimum absolute atomic E-state index is 0.0153. The third-order valence-corrected chi connectivity index (χ3v) is 5.49. The van der Waals surface area contributed by atoms with Crippen LogP contribution in [0.15, 0.2) is 29.3 Å². The van der Waals surface area contributed by atoms with Crippen LogP contribution in [-0.4, -0.2) is 48.7 Å². The third-order valence-electron chi connectivity index (χ3n) is 5.49. The van der Waals surface area contributed by atoms with Crippen LogP contribution in [0.1, 0.15) is 61.6 Å². The van der Waals surface area contributed by atoms with Gasteiger partial charge in [0.15, 0.2) is 5.49 Å². The van der Waals surface area contributed by atoms with Crippen molar-refractivity contribution in [3.63, 3.8) is 0 Å². The highest BCUT2D eigenvalue weighted by molar-refractivity contribution is 5.97. The standard InChI is InChI=1S/C25H34F3N3O4/c1-24(2,3)15-18-14-22(31(30-18)16-19-7-5-11-34-19)29-23(32)20-13-17(25(26,27)28)8-9-21(20)35-12-6-10-33-4/h8-9,13-14,19,30H,5-7,10-12,15-16H2,1-4H3/t19-/m1/s1. The van der Waals surface area contributed by atoms with Crippen molar-refractivity contribution in [1.29, 1.82) is 0 Å². The lowest BCUT2D eigenvalue weighted by Crippen LogP contribution is -2.26. The molecule has 0 spiro atoms. The van der Waals surface area contributed by atoms with E-state index in [0.717, 1.165) is 30.7 Å². The average molecular weight is 498 g/mol. The Morgan fingerprint density at radius 3 is 2.63 bits per heavy atom. The number of carbonyl (C=O) groups is 1. The Morgan fingerprint density at radius 1 is 1.23 bits per heavy atom. The Bertz CT molecular complexity index is 1060. The van der Waals surface area contributed by atoms with Gasteiger partial charge >= 0.3 is 6.18 Å². The van der Waals surface area contributed by atoms with E-state index in [1.54, 1.807) is 17.9 Å². The number of carbonyl (C=O) groups excluding carboxylic acids is 1. The van der Waals surface area contributed by atoms with Crippen LogP contribution in [0.4, 0.5) is 13.2 Å². The number of nitrogens with one attached hydrogen (secondary N) is 1. The van der Waals surface area contributed by atoms with E-state index in [9.17, 15) is 18.0 Å². The van der Waals surface area contributed by atoms with Gasteiger partial charge in [-0.05, 0) is 42.9 Å². The number of methoxy groups -OCH3 is 1. The average Bonchev–Trinajstić information content (AvgIpc) is 3.39. The molecule has 0 aliphatic carbocycles. The zero-order chi connectivity index (χ0) is 25.6. The fourth-order valence-corrected chi connectivity index (χ4v) is 3.93. The normalized spacial score (nSPS) is 17.2. The molecule has 10 heteroatoms. The monoisotopic (exact) mass is 497 g/mol. The van der Waals surface area contributed by atoms with Gasteiger partial charge in [-0.15, -0.1) is 0 Å². The second kappa shape index (κ2) is 11.4. The van der Waals surface area contributed by atoms with Crippen LogP contribution in [0.25, 0.3) is 0 Å². The van der Waals surface area contributed by atoms with Crippen molar-refractivity contribution in [3.05, 3.63) is 46.6 Å². The number of alkyl halides is 3. The summed E-state index contributed by atoms with van der Waals surface area (Å²) in [5.41, 5.74) is 0.0297. The van der Waals surface area contributed by atoms with Crippen LogP contribution in [0.3, 0.4) is 0 Å². The maximum Gasteiger partial charge on any atom is 0.416 e. The SMILES string of the molecule is COCCCOc1ccc(C(F)(F)F)cc1C(=O)N=c1cc(CC(C)(C)C)[nH]n1C[C@H]1CCCO1. The first kappa shape index (κ1) is 27.0. The van der Waals surface area contributed by atoms with Crippen molar-refractivity contribution in [2.24, 2.45) is 10.4 Å². The van der Waals surface area contributed by atoms with Crippen molar-refractivity contribution < 1.29 is 32.2 Å². The van der Waals surface area contributed by atoms with E-state index in [-0.39, 0.29) is 29.4 Å². The lowest BCUT2D eigenvalue weighted by Gasteiger charge is -2.16. The number of aromatic nitrogens is 2. The smallest absolute Gasteiger partial charge is 0.416 e. The molecule has 1 fully saturated rings. The van der Waals surface area contributed by atoms with Crippen LogP contribution < -0.4 is 10.2 Å². The van der Waals surface area contributed by atoms with Gasteiger partial charge in [-0.2, -0.15) is 18.2 Å². The van der Waals surface area contributed by atoms with Gasteiger partial charge in [0.1, 0.15) is 5.75 Å². The minimum Gasteiger partial charge on any atom is -0.493 e. The summed E-state index contributed by atoms with van der Waals surface area (Å²) in [7, 11) is 1.54. The van der Waals surface area contributed by atoms with Crippen molar-refractivity contribution >= 4 is 5.91 Å². The van der Waals surface area contributed by atoms with Crippen molar-refractivity contribution in [2.45, 2.75) is 65.3 Å². The number of nitrogens with zero attached hydrogens (tertiary/aromatic N) is 2. The highest BCUT2D eigenvalue weighted by Crippen LogP contribution is 2.33. The van der Waals surface area contributed by atoms with Crippen molar-refractivity contribution in [2.75, 3.05) is 26.9 Å². The van der Waals surface area contributed by atoms with Gasteiger partial charge in [-0.25, -0.2) is 0 Å². The van der Waals surface area contributed by atoms with Gasteiger partial charge in [-0.1, -0.05) is 20.8 Å². The molecule has 1 amide bonds. The van der Waals surface area contributed by atoms with Crippen LogP contribution in [0, 0.1) is 5.41 Å². The zero-order valence-electron chi connectivity index (χ0n) is 20.7. The molecule has 1 N–H and O–H groups in total. The van der Waals surface area contributed by atoms with Gasteiger partial charge in [0.05, 0.1) is 30.4 Å². The fraction of sp³-hybridized carbons (Fsp3) is 0.600. The van der Waals surface area contributed by atoms with E-state index in [1.807, 2.05) is 0 Å². The van der Waals surface area contributed by atoms with Crippen molar-refractivity contribution in [3.8, 4) is 5.75 Å². The predicted octanol–water partition coefficient (Wildman–Crippen LogP) is 4.76. The number of rotatable bonds is 9. The first-order valence-electron chi connectivity index (χ1n) is 11.8.